The number of nitrogens with one attached hydrogen (secondary N) is 1. The molecule has 0 unspecified atom stereocenters. The van der Waals surface area contributed by atoms with Gasteiger partial charge in [-0.15, -0.1) is 0 Å². The zero-order chi connectivity index (χ0) is 12.2. The average molecular weight is 246 g/mol. The van der Waals surface area contributed by atoms with Gasteiger partial charge in [-0.2, -0.15) is 5.10 Å². The summed E-state index contributed by atoms with van der Waals surface area (Å²) in [7, 11) is -1.88. The summed E-state index contributed by atoms with van der Waals surface area (Å²) in [5, 5.41) is 3.80. The molecule has 1 heterocycles. The van der Waals surface area contributed by atoms with E-state index in [0.29, 0.717) is 6.54 Å². The van der Waals surface area contributed by atoms with E-state index in [2.05, 4.69) is 16.7 Å². The first kappa shape index (κ1) is 13.0. The number of nitrogens with two attached hydrogens (primary N) is 1. The Morgan fingerprint density at radius 3 is 2.69 bits per heavy atom. The summed E-state index contributed by atoms with van der Waals surface area (Å²) in [4.78, 5) is 0.0477. The second-order valence-corrected chi connectivity index (χ2v) is 5.39. The number of unbranched alkanes of at least 4 members (excludes halogenated alkanes) is 2. The molecule has 0 aromatic carbocycles. The second-order valence-electron chi connectivity index (χ2n) is 3.66. The first-order chi connectivity index (χ1) is 7.47. The molecule has 0 aliphatic heterocycles. The lowest BCUT2D eigenvalue weighted by molar-refractivity contribution is 0.576. The van der Waals surface area contributed by atoms with Crippen molar-refractivity contribution in [3.8, 4) is 0 Å². The summed E-state index contributed by atoms with van der Waals surface area (Å²) in [6, 6.07) is 0. The topological polar surface area (TPSA) is 90.0 Å². The highest BCUT2D eigenvalue weighted by Gasteiger charge is 2.19. The minimum atomic E-state index is -3.51. The van der Waals surface area contributed by atoms with Crippen LogP contribution in [-0.2, 0) is 17.1 Å². The van der Waals surface area contributed by atoms with Gasteiger partial charge in [-0.1, -0.05) is 19.8 Å². The number of hydrogen-bond donors (Lipinski definition) is 2. The Kier molecular flexibility index (Phi) is 4.31. The molecule has 0 saturated heterocycles. The smallest absolute Gasteiger partial charge is 0.245 e. The molecule has 0 saturated carbocycles. The molecule has 0 fully saturated rings. The van der Waals surface area contributed by atoms with Crippen LogP contribution < -0.4 is 10.5 Å². The van der Waals surface area contributed by atoms with E-state index in [1.54, 1.807) is 7.05 Å². The fourth-order valence-electron chi connectivity index (χ4n) is 1.35. The summed E-state index contributed by atoms with van der Waals surface area (Å²) in [6.45, 7) is 2.50. The molecule has 0 atom stereocenters. The van der Waals surface area contributed by atoms with Gasteiger partial charge in [0.15, 0.2) is 5.82 Å². The van der Waals surface area contributed by atoms with Crippen LogP contribution in [0.4, 0.5) is 5.82 Å². The van der Waals surface area contributed by atoms with Crippen LogP contribution in [0.3, 0.4) is 0 Å². The predicted octanol–water partition coefficient (Wildman–Crippen LogP) is 0.471. The largest absolute Gasteiger partial charge is 0.381 e. The molecular weight excluding hydrogens is 228 g/mol. The Morgan fingerprint density at radius 2 is 2.19 bits per heavy atom. The maximum Gasteiger partial charge on any atom is 0.245 e. The Bertz CT molecular complexity index is 438. The molecule has 6 nitrogen and oxygen atoms in total. The number of hydrogen-bond acceptors (Lipinski definition) is 4. The minimum absolute atomic E-state index is 0.0329. The van der Waals surface area contributed by atoms with Gasteiger partial charge >= 0.3 is 0 Å². The summed E-state index contributed by atoms with van der Waals surface area (Å²) >= 11 is 0. The van der Waals surface area contributed by atoms with Crippen molar-refractivity contribution < 1.29 is 8.42 Å². The summed E-state index contributed by atoms with van der Waals surface area (Å²) in [6.07, 6.45) is 4.29. The molecule has 1 aromatic rings. The van der Waals surface area contributed by atoms with Crippen molar-refractivity contribution in [2.45, 2.75) is 31.1 Å². The third-order valence-electron chi connectivity index (χ3n) is 2.18. The minimum Gasteiger partial charge on any atom is -0.381 e. The molecule has 0 aliphatic rings. The maximum absolute atomic E-state index is 11.8. The monoisotopic (exact) mass is 246 g/mol. The molecule has 0 bridgehead atoms. The van der Waals surface area contributed by atoms with Crippen LogP contribution in [0.5, 0.6) is 0 Å². The molecule has 7 heteroatoms. The average Bonchev–Trinajstić information content (AvgIpc) is 2.53. The standard InChI is InChI=1S/C9H18N4O2S/c1-3-4-5-6-11-16(14,15)8-7-13(2)12-9(8)10/h7,11H,3-6H2,1-2H3,(H2,10,12). The molecule has 3 N–H and O–H groups in total. The molecule has 1 rings (SSSR count). The van der Waals surface area contributed by atoms with Gasteiger partial charge < -0.3 is 5.73 Å². The van der Waals surface area contributed by atoms with E-state index in [9.17, 15) is 8.42 Å². The van der Waals surface area contributed by atoms with Crippen LogP contribution in [0.1, 0.15) is 26.2 Å². The fourth-order valence-corrected chi connectivity index (χ4v) is 2.53. The maximum atomic E-state index is 11.8. The Morgan fingerprint density at radius 1 is 1.50 bits per heavy atom. The quantitative estimate of drug-likeness (QED) is 0.714. The summed E-state index contributed by atoms with van der Waals surface area (Å²) in [5.41, 5.74) is 5.51. The molecule has 0 aliphatic carbocycles. The highest BCUT2D eigenvalue weighted by Crippen LogP contribution is 2.14. The summed E-state index contributed by atoms with van der Waals surface area (Å²) in [5.74, 6) is 0.0329. The van der Waals surface area contributed by atoms with Gasteiger partial charge in [0.1, 0.15) is 4.90 Å². The second kappa shape index (κ2) is 5.31. The number of nitrogens with zero attached hydrogens (tertiary/aromatic N) is 2. The highest BCUT2D eigenvalue weighted by atomic mass is 32.2. The molecular formula is C9H18N4O2S. The lowest BCUT2D eigenvalue weighted by Crippen LogP contribution is -2.25. The van der Waals surface area contributed by atoms with Crippen molar-refractivity contribution in [1.82, 2.24) is 14.5 Å². The van der Waals surface area contributed by atoms with Crippen molar-refractivity contribution in [3.63, 3.8) is 0 Å². The van der Waals surface area contributed by atoms with Crippen LogP contribution >= 0.6 is 0 Å². The Balaban J connectivity index is 2.67. The molecule has 0 radical (unpaired) electrons. The van der Waals surface area contributed by atoms with Gasteiger partial charge in [0.05, 0.1) is 0 Å². The van der Waals surface area contributed by atoms with Gasteiger partial charge in [-0.05, 0) is 6.42 Å². The number of aromatic nitrogens is 2. The van der Waals surface area contributed by atoms with Crippen molar-refractivity contribution in [2.75, 3.05) is 12.3 Å². The number of rotatable bonds is 6. The van der Waals surface area contributed by atoms with Gasteiger partial charge in [-0.25, -0.2) is 13.1 Å². The first-order valence-corrected chi connectivity index (χ1v) is 6.74. The van der Waals surface area contributed by atoms with E-state index in [1.165, 1.54) is 10.9 Å². The number of nitrogen functional groups attached to an aromatic ring is 1. The van der Waals surface area contributed by atoms with Gasteiger partial charge in [-0.3, -0.25) is 4.68 Å². The molecule has 1 aromatic heterocycles. The van der Waals surface area contributed by atoms with Gasteiger partial charge in [0, 0.05) is 19.8 Å². The predicted molar refractivity (Wildman–Crippen MR) is 62.3 cm³/mol. The van der Waals surface area contributed by atoms with Crippen LogP contribution in [0, 0.1) is 0 Å². The lowest BCUT2D eigenvalue weighted by Gasteiger charge is -2.04. The van der Waals surface area contributed by atoms with Crippen molar-refractivity contribution >= 4 is 15.8 Å². The first-order valence-electron chi connectivity index (χ1n) is 5.26. The lowest BCUT2D eigenvalue weighted by atomic mass is 10.3. The van der Waals surface area contributed by atoms with Crippen molar-refractivity contribution in [2.24, 2.45) is 7.05 Å². The molecule has 0 spiro atoms. The number of aryl methyl sites for hydroxylation is 1. The van der Waals surface area contributed by atoms with Crippen LogP contribution in [-0.4, -0.2) is 24.7 Å². The van der Waals surface area contributed by atoms with Crippen molar-refractivity contribution in [3.05, 3.63) is 6.20 Å². The molecule has 16 heavy (non-hydrogen) atoms. The van der Waals surface area contributed by atoms with Crippen LogP contribution in [0.25, 0.3) is 0 Å². The zero-order valence-corrected chi connectivity index (χ0v) is 10.4. The van der Waals surface area contributed by atoms with Crippen molar-refractivity contribution in [1.29, 1.82) is 0 Å². The van der Waals surface area contributed by atoms with E-state index >= 15 is 0 Å². The SMILES string of the molecule is CCCCCNS(=O)(=O)c1cn(C)nc1N. The van der Waals surface area contributed by atoms with Gasteiger partial charge in [0.2, 0.25) is 10.0 Å². The highest BCUT2D eigenvalue weighted by molar-refractivity contribution is 7.89. The third-order valence-corrected chi connectivity index (χ3v) is 3.66. The van der Waals surface area contributed by atoms with Gasteiger partial charge in [0.25, 0.3) is 0 Å². The molecule has 92 valence electrons. The van der Waals surface area contributed by atoms with E-state index in [-0.39, 0.29) is 10.7 Å². The Labute approximate surface area is 95.9 Å². The number of anilines is 1. The van der Waals surface area contributed by atoms with Crippen LogP contribution in [0.15, 0.2) is 11.1 Å². The van der Waals surface area contributed by atoms with E-state index in [4.69, 9.17) is 5.73 Å². The van der Waals surface area contributed by atoms with Crippen LogP contribution in [0.2, 0.25) is 0 Å². The summed E-state index contributed by atoms with van der Waals surface area (Å²) < 4.78 is 27.5. The van der Waals surface area contributed by atoms with E-state index in [0.717, 1.165) is 19.3 Å². The Hall–Kier alpha value is -1.08. The van der Waals surface area contributed by atoms with E-state index < -0.39 is 10.0 Å². The molecule has 0 amide bonds. The van der Waals surface area contributed by atoms with E-state index in [1.807, 2.05) is 0 Å². The normalized spacial score (nSPS) is 11.9. The zero-order valence-electron chi connectivity index (χ0n) is 9.60. The third kappa shape index (κ3) is 3.21. The fraction of sp³-hybridized carbons (Fsp3) is 0.667. The number of sulfonamides is 1.